The summed E-state index contributed by atoms with van der Waals surface area (Å²) in [7, 11) is 0. The van der Waals surface area contributed by atoms with E-state index in [9.17, 15) is 0 Å². The number of nitrogen functional groups attached to an aromatic ring is 1. The van der Waals surface area contributed by atoms with Crippen molar-refractivity contribution in [2.75, 3.05) is 23.9 Å². The molecule has 0 unspecified atom stereocenters. The second-order valence-corrected chi connectivity index (χ2v) is 4.21. The van der Waals surface area contributed by atoms with E-state index in [1.807, 2.05) is 20.8 Å². The minimum Gasteiger partial charge on any atom is -0.396 e. The van der Waals surface area contributed by atoms with Gasteiger partial charge in [0.25, 0.3) is 0 Å². The molecule has 0 aromatic carbocycles. The number of aromatic nitrogens is 2. The molecule has 0 atom stereocenters. The van der Waals surface area contributed by atoms with Crippen LogP contribution in [-0.4, -0.2) is 28.2 Å². The van der Waals surface area contributed by atoms with Crippen LogP contribution in [0.3, 0.4) is 0 Å². The predicted octanol–water partition coefficient (Wildman–Crippen LogP) is 0.988. The van der Waals surface area contributed by atoms with E-state index in [0.717, 1.165) is 17.2 Å². The molecule has 17 heavy (non-hydrogen) atoms. The Hall–Kier alpha value is -1.40. The molecule has 0 saturated carbocycles. The number of nitrogens with zero attached hydrogens (tertiary/aromatic N) is 2. The minimum atomic E-state index is 0.163. The van der Waals surface area contributed by atoms with Gasteiger partial charge in [-0.15, -0.1) is 0 Å². The number of aliphatic hydroxyl groups excluding tert-OH is 1. The Balaban J connectivity index is 2.96. The van der Waals surface area contributed by atoms with E-state index in [1.54, 1.807) is 0 Å². The van der Waals surface area contributed by atoms with Crippen LogP contribution >= 0.6 is 0 Å². The third kappa shape index (κ3) is 3.54. The Morgan fingerprint density at radius 1 is 1.29 bits per heavy atom. The van der Waals surface area contributed by atoms with Gasteiger partial charge in [-0.1, -0.05) is 13.8 Å². The standard InChI is InChI=1S/C11H21N5O/c1-7(2)9-14-10(13-5-4-6-17)8(3)11(15-9)16-12/h7,17H,4-6,12H2,1-3H3,(H2,13,14,15,16). The maximum atomic E-state index is 8.75. The maximum absolute atomic E-state index is 8.75. The van der Waals surface area contributed by atoms with Crippen molar-refractivity contribution in [3.8, 4) is 0 Å². The zero-order chi connectivity index (χ0) is 12.8. The summed E-state index contributed by atoms with van der Waals surface area (Å²) in [5.41, 5.74) is 3.46. The van der Waals surface area contributed by atoms with Crippen LogP contribution in [0.15, 0.2) is 0 Å². The molecule has 1 heterocycles. The monoisotopic (exact) mass is 239 g/mol. The zero-order valence-corrected chi connectivity index (χ0v) is 10.6. The van der Waals surface area contributed by atoms with Gasteiger partial charge in [-0.25, -0.2) is 15.8 Å². The lowest BCUT2D eigenvalue weighted by molar-refractivity contribution is 0.292. The molecule has 6 nitrogen and oxygen atoms in total. The quantitative estimate of drug-likeness (QED) is 0.336. The molecule has 0 saturated heterocycles. The normalized spacial score (nSPS) is 10.7. The molecule has 0 aliphatic rings. The summed E-state index contributed by atoms with van der Waals surface area (Å²) in [6.45, 7) is 6.80. The molecule has 0 bridgehead atoms. The number of aliphatic hydroxyl groups is 1. The molecule has 6 heteroatoms. The van der Waals surface area contributed by atoms with Crippen LogP contribution in [0.25, 0.3) is 0 Å². The molecular formula is C11H21N5O. The highest BCUT2D eigenvalue weighted by molar-refractivity contribution is 5.56. The molecule has 0 radical (unpaired) electrons. The summed E-state index contributed by atoms with van der Waals surface area (Å²) in [4.78, 5) is 8.80. The van der Waals surface area contributed by atoms with E-state index < -0.39 is 0 Å². The van der Waals surface area contributed by atoms with Crippen molar-refractivity contribution in [1.29, 1.82) is 0 Å². The molecule has 96 valence electrons. The summed E-state index contributed by atoms with van der Waals surface area (Å²) in [6.07, 6.45) is 0.686. The number of hydrogen-bond donors (Lipinski definition) is 4. The van der Waals surface area contributed by atoms with Crippen molar-refractivity contribution in [2.24, 2.45) is 5.84 Å². The third-order valence-electron chi connectivity index (χ3n) is 2.44. The average Bonchev–Trinajstić information content (AvgIpc) is 2.31. The molecule has 0 aliphatic carbocycles. The first-order valence-electron chi connectivity index (χ1n) is 5.80. The Labute approximate surface area is 102 Å². The number of nitrogens with one attached hydrogen (secondary N) is 2. The van der Waals surface area contributed by atoms with Crippen LogP contribution in [-0.2, 0) is 0 Å². The molecule has 1 rings (SSSR count). The van der Waals surface area contributed by atoms with Gasteiger partial charge in [-0.3, -0.25) is 0 Å². The number of hydrogen-bond acceptors (Lipinski definition) is 6. The number of nitrogens with two attached hydrogens (primary N) is 1. The second-order valence-electron chi connectivity index (χ2n) is 4.21. The molecule has 0 spiro atoms. The molecule has 1 aromatic rings. The van der Waals surface area contributed by atoms with Crippen molar-refractivity contribution in [3.05, 3.63) is 11.4 Å². The van der Waals surface area contributed by atoms with E-state index in [2.05, 4.69) is 20.7 Å². The topological polar surface area (TPSA) is 96.1 Å². The highest BCUT2D eigenvalue weighted by Crippen LogP contribution is 2.22. The first-order valence-corrected chi connectivity index (χ1v) is 5.80. The summed E-state index contributed by atoms with van der Waals surface area (Å²) in [6, 6.07) is 0. The average molecular weight is 239 g/mol. The first kappa shape index (κ1) is 13.7. The van der Waals surface area contributed by atoms with Gasteiger partial charge in [0.05, 0.1) is 0 Å². The molecular weight excluding hydrogens is 218 g/mol. The summed E-state index contributed by atoms with van der Waals surface area (Å²) in [5.74, 6) is 7.82. The van der Waals surface area contributed by atoms with Crippen molar-refractivity contribution in [1.82, 2.24) is 9.97 Å². The fraction of sp³-hybridized carbons (Fsp3) is 0.636. The van der Waals surface area contributed by atoms with Crippen LogP contribution in [0.4, 0.5) is 11.6 Å². The fourth-order valence-corrected chi connectivity index (χ4v) is 1.39. The van der Waals surface area contributed by atoms with E-state index in [4.69, 9.17) is 10.9 Å². The molecule has 0 aliphatic heterocycles. The largest absolute Gasteiger partial charge is 0.396 e. The minimum absolute atomic E-state index is 0.163. The Bertz CT molecular complexity index is 367. The SMILES string of the molecule is Cc1c(NN)nc(C(C)C)nc1NCCCO. The van der Waals surface area contributed by atoms with Crippen LogP contribution in [0.5, 0.6) is 0 Å². The molecule has 5 N–H and O–H groups in total. The van der Waals surface area contributed by atoms with Crippen LogP contribution in [0.1, 0.15) is 37.6 Å². The summed E-state index contributed by atoms with van der Waals surface area (Å²) >= 11 is 0. The summed E-state index contributed by atoms with van der Waals surface area (Å²) in [5, 5.41) is 11.9. The lowest BCUT2D eigenvalue weighted by atomic mass is 10.2. The van der Waals surface area contributed by atoms with E-state index in [-0.39, 0.29) is 12.5 Å². The van der Waals surface area contributed by atoms with Crippen LogP contribution in [0.2, 0.25) is 0 Å². The van der Waals surface area contributed by atoms with Crippen LogP contribution < -0.4 is 16.6 Å². The van der Waals surface area contributed by atoms with Gasteiger partial charge in [-0.05, 0) is 13.3 Å². The van der Waals surface area contributed by atoms with Gasteiger partial charge in [0.2, 0.25) is 0 Å². The van der Waals surface area contributed by atoms with Crippen molar-refractivity contribution in [3.63, 3.8) is 0 Å². The molecule has 0 fully saturated rings. The number of hydrazine groups is 1. The van der Waals surface area contributed by atoms with Gasteiger partial charge >= 0.3 is 0 Å². The number of rotatable bonds is 6. The van der Waals surface area contributed by atoms with Gasteiger partial charge in [0.15, 0.2) is 0 Å². The molecule has 0 amide bonds. The van der Waals surface area contributed by atoms with Gasteiger partial charge in [0, 0.05) is 24.6 Å². The lowest BCUT2D eigenvalue weighted by Crippen LogP contribution is -2.16. The highest BCUT2D eigenvalue weighted by Gasteiger charge is 2.11. The fourth-order valence-electron chi connectivity index (χ4n) is 1.39. The van der Waals surface area contributed by atoms with E-state index >= 15 is 0 Å². The van der Waals surface area contributed by atoms with Crippen LogP contribution in [0, 0.1) is 6.92 Å². The third-order valence-corrected chi connectivity index (χ3v) is 2.44. The smallest absolute Gasteiger partial charge is 0.148 e. The first-order chi connectivity index (χ1) is 8.10. The second kappa shape index (κ2) is 6.36. The van der Waals surface area contributed by atoms with Crippen molar-refractivity contribution >= 4 is 11.6 Å². The highest BCUT2D eigenvalue weighted by atomic mass is 16.3. The Kier molecular flexibility index (Phi) is 5.11. The Morgan fingerprint density at radius 2 is 1.94 bits per heavy atom. The predicted molar refractivity (Wildman–Crippen MR) is 68.9 cm³/mol. The van der Waals surface area contributed by atoms with E-state index in [1.165, 1.54) is 0 Å². The van der Waals surface area contributed by atoms with Gasteiger partial charge in [-0.2, -0.15) is 0 Å². The number of anilines is 2. The Morgan fingerprint density at radius 3 is 2.47 bits per heavy atom. The maximum Gasteiger partial charge on any atom is 0.148 e. The van der Waals surface area contributed by atoms with Crippen molar-refractivity contribution in [2.45, 2.75) is 33.1 Å². The molecule has 1 aromatic heterocycles. The van der Waals surface area contributed by atoms with Gasteiger partial charge < -0.3 is 15.8 Å². The van der Waals surface area contributed by atoms with Gasteiger partial charge in [0.1, 0.15) is 17.5 Å². The lowest BCUT2D eigenvalue weighted by Gasteiger charge is -2.14. The van der Waals surface area contributed by atoms with E-state index in [0.29, 0.717) is 18.8 Å². The summed E-state index contributed by atoms with van der Waals surface area (Å²) < 4.78 is 0. The zero-order valence-electron chi connectivity index (χ0n) is 10.6. The van der Waals surface area contributed by atoms with Crippen molar-refractivity contribution < 1.29 is 5.11 Å².